The minimum absolute atomic E-state index is 0. The Morgan fingerprint density at radius 3 is 2.69 bits per heavy atom. The third kappa shape index (κ3) is 3.78. The molecule has 1 N–H and O–H groups in total. The van der Waals surface area contributed by atoms with Crippen molar-refractivity contribution in [3.8, 4) is 5.75 Å². The van der Waals surface area contributed by atoms with Gasteiger partial charge in [0.1, 0.15) is 11.3 Å². The maximum Gasteiger partial charge on any atom is 1.00 e. The number of phenols is 1. The number of hydrogen-bond donors (Lipinski definition) is 1. The predicted octanol–water partition coefficient (Wildman–Crippen LogP) is -1.31. The van der Waals surface area contributed by atoms with Crippen LogP contribution in [0, 0.1) is 0 Å². The zero-order chi connectivity index (χ0) is 8.97. The fourth-order valence-corrected chi connectivity index (χ4v) is 0.855. The van der Waals surface area contributed by atoms with Crippen LogP contribution in [0.15, 0.2) is 24.3 Å². The van der Waals surface area contributed by atoms with Gasteiger partial charge < -0.3 is 11.3 Å². The van der Waals surface area contributed by atoms with Crippen molar-refractivity contribution in [2.24, 2.45) is 0 Å². The largest absolute Gasteiger partial charge is 1.00 e. The number of phenolic OH excluding ortho intramolecular Hbond substituents is 1. The number of carbonyl (C=O) groups is 1. The van der Waals surface area contributed by atoms with Crippen molar-refractivity contribution < 1.29 is 67.4 Å². The predicted molar refractivity (Wildman–Crippen MR) is 45.2 cm³/mol. The van der Waals surface area contributed by atoms with Gasteiger partial charge in [0, 0.05) is 0 Å². The summed E-state index contributed by atoms with van der Waals surface area (Å²) >= 11 is 0. The third-order valence-corrected chi connectivity index (χ3v) is 1.40. The molecule has 1 aromatic rings. The molecule has 13 heavy (non-hydrogen) atoms. The second kappa shape index (κ2) is 6.56. The van der Waals surface area contributed by atoms with Gasteiger partial charge in [0.05, 0.1) is 6.61 Å². The van der Waals surface area contributed by atoms with E-state index in [9.17, 15) is 9.90 Å². The first-order chi connectivity index (χ1) is 5.75. The van der Waals surface area contributed by atoms with Gasteiger partial charge in [-0.3, -0.25) is 0 Å². The summed E-state index contributed by atoms with van der Waals surface area (Å²) in [5.74, 6) is -0.536. The van der Waals surface area contributed by atoms with Crippen LogP contribution in [0.1, 0.15) is 18.7 Å². The van der Waals surface area contributed by atoms with Crippen molar-refractivity contribution in [3.63, 3.8) is 0 Å². The van der Waals surface area contributed by atoms with E-state index in [-0.39, 0.29) is 64.1 Å². The number of rotatable bonds is 2. The molecule has 0 fully saturated rings. The van der Waals surface area contributed by atoms with Gasteiger partial charge in [-0.1, -0.05) is 12.1 Å². The monoisotopic (exact) mass is 206 g/mol. The SMILES string of the molecule is CCOC(=O)c1ccccc1O.[H-].[K+]. The molecule has 1 rings (SSSR count). The first kappa shape index (κ1) is 13.1. The second-order valence-electron chi connectivity index (χ2n) is 2.24. The van der Waals surface area contributed by atoms with E-state index in [1.54, 1.807) is 19.1 Å². The quantitative estimate of drug-likeness (QED) is 0.482. The standard InChI is InChI=1S/C9H10O3.K.H/c1-2-12-9(11)7-5-3-4-6-8(7)10;;/h3-6,10H,2H2,1H3;;/q;+1;-1. The fourth-order valence-electron chi connectivity index (χ4n) is 0.855. The molecule has 0 aromatic heterocycles. The van der Waals surface area contributed by atoms with Crippen LogP contribution in [0.3, 0.4) is 0 Å². The summed E-state index contributed by atoms with van der Waals surface area (Å²) in [4.78, 5) is 11.1. The van der Waals surface area contributed by atoms with Gasteiger partial charge in [-0.2, -0.15) is 0 Å². The molecule has 4 heteroatoms. The van der Waals surface area contributed by atoms with Crippen LogP contribution in [0.25, 0.3) is 0 Å². The van der Waals surface area contributed by atoms with Gasteiger partial charge in [0.25, 0.3) is 0 Å². The average Bonchev–Trinajstić information content (AvgIpc) is 2.05. The molecule has 0 saturated carbocycles. The first-order valence-corrected chi connectivity index (χ1v) is 3.70. The molecule has 0 bridgehead atoms. The van der Waals surface area contributed by atoms with E-state index in [1.165, 1.54) is 12.1 Å². The fraction of sp³-hybridized carbons (Fsp3) is 0.222. The van der Waals surface area contributed by atoms with Crippen LogP contribution in [0.4, 0.5) is 0 Å². The smallest absolute Gasteiger partial charge is 1.00 e. The van der Waals surface area contributed by atoms with Crippen molar-refractivity contribution in [1.82, 2.24) is 0 Å². The number of carbonyl (C=O) groups excluding carboxylic acids is 1. The topological polar surface area (TPSA) is 46.5 Å². The molecule has 0 aliphatic rings. The minimum atomic E-state index is -0.490. The third-order valence-electron chi connectivity index (χ3n) is 1.40. The Hall–Kier alpha value is 0.126. The normalized spacial score (nSPS) is 8.69. The summed E-state index contributed by atoms with van der Waals surface area (Å²) in [7, 11) is 0. The number of benzene rings is 1. The maximum atomic E-state index is 11.1. The van der Waals surface area contributed by atoms with Crippen LogP contribution < -0.4 is 51.4 Å². The number of para-hydroxylation sites is 1. The molecule has 0 radical (unpaired) electrons. The van der Waals surface area contributed by atoms with Crippen LogP contribution in [0.5, 0.6) is 5.75 Å². The summed E-state index contributed by atoms with van der Waals surface area (Å²) in [5, 5.41) is 9.21. The van der Waals surface area contributed by atoms with Gasteiger partial charge in [-0.15, -0.1) is 0 Å². The zero-order valence-corrected chi connectivity index (χ0v) is 10.9. The van der Waals surface area contributed by atoms with E-state index in [4.69, 9.17) is 4.74 Å². The minimum Gasteiger partial charge on any atom is -1.00 e. The molecule has 3 nitrogen and oxygen atoms in total. The van der Waals surface area contributed by atoms with E-state index < -0.39 is 5.97 Å². The van der Waals surface area contributed by atoms with Crippen molar-refractivity contribution in [2.75, 3.05) is 6.61 Å². The van der Waals surface area contributed by atoms with Crippen LogP contribution >= 0.6 is 0 Å². The maximum absolute atomic E-state index is 11.1. The summed E-state index contributed by atoms with van der Waals surface area (Å²) in [5.41, 5.74) is 0.208. The molecular weight excluding hydrogens is 195 g/mol. The summed E-state index contributed by atoms with van der Waals surface area (Å²) < 4.78 is 4.71. The molecule has 66 valence electrons. The van der Waals surface area contributed by atoms with E-state index in [2.05, 4.69) is 0 Å². The van der Waals surface area contributed by atoms with Gasteiger partial charge in [-0.05, 0) is 19.1 Å². The Morgan fingerprint density at radius 2 is 2.15 bits per heavy atom. The number of hydrogen-bond acceptors (Lipinski definition) is 3. The molecule has 0 unspecified atom stereocenters. The molecule has 0 saturated heterocycles. The van der Waals surface area contributed by atoms with Gasteiger partial charge in [0.2, 0.25) is 0 Å². The Kier molecular flexibility index (Phi) is 6.62. The number of ether oxygens (including phenoxy) is 1. The van der Waals surface area contributed by atoms with Gasteiger partial charge in [-0.25, -0.2) is 4.79 Å². The van der Waals surface area contributed by atoms with E-state index in [1.807, 2.05) is 0 Å². The van der Waals surface area contributed by atoms with Crippen molar-refractivity contribution in [1.29, 1.82) is 0 Å². The van der Waals surface area contributed by atoms with E-state index in [0.29, 0.717) is 6.61 Å². The molecule has 0 amide bonds. The Morgan fingerprint density at radius 1 is 1.54 bits per heavy atom. The van der Waals surface area contributed by atoms with E-state index in [0.717, 1.165) is 0 Å². The molecule has 0 heterocycles. The van der Waals surface area contributed by atoms with Crippen LogP contribution in [-0.2, 0) is 4.74 Å². The van der Waals surface area contributed by atoms with Crippen molar-refractivity contribution in [2.45, 2.75) is 6.92 Å². The van der Waals surface area contributed by atoms with Crippen molar-refractivity contribution in [3.05, 3.63) is 29.8 Å². The first-order valence-electron chi connectivity index (χ1n) is 3.70. The summed E-state index contributed by atoms with van der Waals surface area (Å²) in [6.07, 6.45) is 0. The molecule has 1 aromatic carbocycles. The van der Waals surface area contributed by atoms with Crippen LogP contribution in [0.2, 0.25) is 0 Å². The van der Waals surface area contributed by atoms with E-state index >= 15 is 0 Å². The van der Waals surface area contributed by atoms with Gasteiger partial charge >= 0.3 is 57.4 Å². The number of esters is 1. The molecule has 0 atom stereocenters. The molecule has 0 spiro atoms. The Labute approximate surface area is 121 Å². The average molecular weight is 206 g/mol. The second-order valence-corrected chi connectivity index (χ2v) is 2.24. The molecule has 0 aliphatic heterocycles. The van der Waals surface area contributed by atoms with Crippen molar-refractivity contribution >= 4 is 5.97 Å². The van der Waals surface area contributed by atoms with Gasteiger partial charge in [0.15, 0.2) is 0 Å². The molecular formula is C9H11KO3. The number of aromatic hydroxyl groups is 1. The van der Waals surface area contributed by atoms with Crippen LogP contribution in [-0.4, -0.2) is 17.7 Å². The Balaban J connectivity index is 0. The Bertz CT molecular complexity index is 291. The zero-order valence-electron chi connectivity index (χ0n) is 8.78. The summed E-state index contributed by atoms with van der Waals surface area (Å²) in [6, 6.07) is 6.30. The summed E-state index contributed by atoms with van der Waals surface area (Å²) in [6.45, 7) is 2.03. The molecule has 0 aliphatic carbocycles.